The summed E-state index contributed by atoms with van der Waals surface area (Å²) in [6, 6.07) is 4.33. The normalized spacial score (nSPS) is 12.6. The van der Waals surface area contributed by atoms with E-state index in [-0.39, 0.29) is 0 Å². The zero-order valence-electron chi connectivity index (χ0n) is 11.9. The fourth-order valence-corrected chi connectivity index (χ4v) is 2.16. The largest absolute Gasteiger partial charge is 0.389 e. The van der Waals surface area contributed by atoms with Gasteiger partial charge >= 0.3 is 0 Å². The second-order valence-electron chi connectivity index (χ2n) is 5.31. The van der Waals surface area contributed by atoms with Crippen LogP contribution in [0.3, 0.4) is 0 Å². The van der Waals surface area contributed by atoms with Gasteiger partial charge in [-0.05, 0) is 38.3 Å². The van der Waals surface area contributed by atoms with E-state index in [1.807, 2.05) is 19.1 Å². The van der Waals surface area contributed by atoms with Gasteiger partial charge in [0.2, 0.25) is 0 Å². The van der Waals surface area contributed by atoms with Gasteiger partial charge in [-0.2, -0.15) is 0 Å². The molecule has 2 N–H and O–H groups in total. The molecule has 0 fully saturated rings. The Labute approximate surface area is 115 Å². The summed E-state index contributed by atoms with van der Waals surface area (Å²) < 4.78 is 0. The zero-order chi connectivity index (χ0) is 13.9. The minimum absolute atomic E-state index is 0.423. The van der Waals surface area contributed by atoms with Crippen LogP contribution >= 0.6 is 12.2 Å². The van der Waals surface area contributed by atoms with E-state index < -0.39 is 0 Å². The summed E-state index contributed by atoms with van der Waals surface area (Å²) in [5.74, 6) is 1.60. The Morgan fingerprint density at radius 3 is 2.50 bits per heavy atom. The summed E-state index contributed by atoms with van der Waals surface area (Å²) in [4.78, 5) is 7.17. The van der Waals surface area contributed by atoms with Crippen molar-refractivity contribution in [1.82, 2.24) is 4.98 Å². The SMILES string of the molecule is Cc1cc(C(N)=S)cc(N(C)C(C)CC(C)C)n1. The first-order chi connectivity index (χ1) is 8.31. The first-order valence-electron chi connectivity index (χ1n) is 6.32. The molecule has 0 aliphatic carbocycles. The number of pyridine rings is 1. The highest BCUT2D eigenvalue weighted by Gasteiger charge is 2.14. The molecular formula is C14H23N3S. The second-order valence-corrected chi connectivity index (χ2v) is 5.75. The Morgan fingerprint density at radius 1 is 1.39 bits per heavy atom. The fraction of sp³-hybridized carbons (Fsp3) is 0.571. The molecule has 1 unspecified atom stereocenters. The first kappa shape index (κ1) is 14.9. The molecule has 1 rings (SSSR count). The highest BCUT2D eigenvalue weighted by atomic mass is 32.1. The van der Waals surface area contributed by atoms with Crippen LogP contribution in [-0.2, 0) is 0 Å². The Hall–Kier alpha value is -1.16. The summed E-state index contributed by atoms with van der Waals surface area (Å²) in [5, 5.41) is 0. The van der Waals surface area contributed by atoms with E-state index in [9.17, 15) is 0 Å². The van der Waals surface area contributed by atoms with Crippen LogP contribution in [0.5, 0.6) is 0 Å². The van der Waals surface area contributed by atoms with Crippen LogP contribution < -0.4 is 10.6 Å². The third kappa shape index (κ3) is 3.95. The Morgan fingerprint density at radius 2 is 2.00 bits per heavy atom. The predicted octanol–water partition coefficient (Wildman–Crippen LogP) is 2.90. The molecule has 0 bridgehead atoms. The van der Waals surface area contributed by atoms with Gasteiger partial charge in [0.25, 0.3) is 0 Å². The predicted molar refractivity (Wildman–Crippen MR) is 82.2 cm³/mol. The van der Waals surface area contributed by atoms with Gasteiger partial charge in [0.15, 0.2) is 0 Å². The van der Waals surface area contributed by atoms with Crippen LogP contribution in [0, 0.1) is 12.8 Å². The van der Waals surface area contributed by atoms with Crippen molar-refractivity contribution in [2.24, 2.45) is 11.7 Å². The molecule has 3 nitrogen and oxygen atoms in total. The number of anilines is 1. The molecule has 4 heteroatoms. The van der Waals surface area contributed by atoms with E-state index in [2.05, 4.69) is 37.7 Å². The fourth-order valence-electron chi connectivity index (χ4n) is 2.04. The van der Waals surface area contributed by atoms with Crippen molar-refractivity contribution in [2.45, 2.75) is 40.2 Å². The Kier molecular flexibility index (Phi) is 5.08. The number of hydrogen-bond donors (Lipinski definition) is 1. The van der Waals surface area contributed by atoms with Crippen molar-refractivity contribution in [1.29, 1.82) is 0 Å². The van der Waals surface area contributed by atoms with Crippen molar-refractivity contribution in [3.63, 3.8) is 0 Å². The molecule has 0 aliphatic rings. The van der Waals surface area contributed by atoms with E-state index in [1.165, 1.54) is 0 Å². The third-order valence-electron chi connectivity index (χ3n) is 3.06. The van der Waals surface area contributed by atoms with Crippen LogP contribution in [0.4, 0.5) is 5.82 Å². The van der Waals surface area contributed by atoms with Crippen molar-refractivity contribution >= 4 is 23.0 Å². The van der Waals surface area contributed by atoms with Gasteiger partial charge in [-0.25, -0.2) is 4.98 Å². The number of rotatable bonds is 5. The minimum Gasteiger partial charge on any atom is -0.389 e. The summed E-state index contributed by atoms with van der Waals surface area (Å²) >= 11 is 5.03. The van der Waals surface area contributed by atoms with Gasteiger partial charge in [-0.15, -0.1) is 0 Å². The maximum absolute atomic E-state index is 5.69. The molecule has 100 valence electrons. The maximum Gasteiger partial charge on any atom is 0.129 e. The van der Waals surface area contributed by atoms with Crippen molar-refractivity contribution in [3.05, 3.63) is 23.4 Å². The lowest BCUT2D eigenvalue weighted by Crippen LogP contribution is -2.31. The molecule has 0 saturated heterocycles. The highest BCUT2D eigenvalue weighted by Crippen LogP contribution is 2.19. The number of thiocarbonyl (C=S) groups is 1. The van der Waals surface area contributed by atoms with Gasteiger partial charge in [0, 0.05) is 24.3 Å². The molecule has 18 heavy (non-hydrogen) atoms. The minimum atomic E-state index is 0.423. The molecule has 0 saturated carbocycles. The third-order valence-corrected chi connectivity index (χ3v) is 3.30. The topological polar surface area (TPSA) is 42.1 Å². The smallest absolute Gasteiger partial charge is 0.129 e. The molecule has 0 aliphatic heterocycles. The number of nitrogens with two attached hydrogens (primary N) is 1. The van der Waals surface area contributed by atoms with Crippen LogP contribution in [0.25, 0.3) is 0 Å². The molecule has 1 atom stereocenters. The lowest BCUT2D eigenvalue weighted by Gasteiger charge is -2.28. The van der Waals surface area contributed by atoms with Crippen molar-refractivity contribution in [3.8, 4) is 0 Å². The Bertz CT molecular complexity index is 429. The Balaban J connectivity index is 2.98. The average Bonchev–Trinajstić information content (AvgIpc) is 2.26. The van der Waals surface area contributed by atoms with Crippen LogP contribution in [-0.4, -0.2) is 23.1 Å². The number of aromatic nitrogens is 1. The standard InChI is InChI=1S/C14H23N3S/c1-9(2)6-11(4)17(5)13-8-12(14(15)18)7-10(3)16-13/h7-9,11H,6H2,1-5H3,(H2,15,18). The molecule has 0 amide bonds. The average molecular weight is 265 g/mol. The lowest BCUT2D eigenvalue weighted by molar-refractivity contribution is 0.502. The van der Waals surface area contributed by atoms with E-state index in [4.69, 9.17) is 18.0 Å². The molecule has 0 radical (unpaired) electrons. The van der Waals surface area contributed by atoms with Crippen LogP contribution in [0.2, 0.25) is 0 Å². The summed E-state index contributed by atoms with van der Waals surface area (Å²) in [6.45, 7) is 8.64. The van der Waals surface area contributed by atoms with Crippen LogP contribution in [0.1, 0.15) is 38.4 Å². The van der Waals surface area contributed by atoms with E-state index in [0.29, 0.717) is 16.9 Å². The van der Waals surface area contributed by atoms with Crippen molar-refractivity contribution < 1.29 is 0 Å². The monoisotopic (exact) mass is 265 g/mol. The maximum atomic E-state index is 5.69. The quantitative estimate of drug-likeness (QED) is 0.831. The molecule has 1 heterocycles. The summed E-state index contributed by atoms with van der Waals surface area (Å²) in [5.41, 5.74) is 7.52. The second kappa shape index (κ2) is 6.14. The molecule has 0 spiro atoms. The zero-order valence-corrected chi connectivity index (χ0v) is 12.7. The summed E-state index contributed by atoms with van der Waals surface area (Å²) in [6.07, 6.45) is 1.13. The highest BCUT2D eigenvalue weighted by molar-refractivity contribution is 7.80. The van der Waals surface area contributed by atoms with Gasteiger partial charge in [0.1, 0.15) is 10.8 Å². The van der Waals surface area contributed by atoms with Crippen molar-refractivity contribution in [2.75, 3.05) is 11.9 Å². The molecule has 1 aromatic rings. The molecule has 1 aromatic heterocycles. The number of aryl methyl sites for hydroxylation is 1. The molecule has 0 aromatic carbocycles. The lowest BCUT2D eigenvalue weighted by atomic mass is 10.0. The van der Waals surface area contributed by atoms with Gasteiger partial charge in [0.05, 0.1) is 0 Å². The van der Waals surface area contributed by atoms with E-state index >= 15 is 0 Å². The molecular weight excluding hydrogens is 242 g/mol. The van der Waals surface area contributed by atoms with E-state index in [0.717, 1.165) is 23.5 Å². The van der Waals surface area contributed by atoms with Crippen LogP contribution in [0.15, 0.2) is 12.1 Å². The van der Waals surface area contributed by atoms with E-state index in [1.54, 1.807) is 0 Å². The van der Waals surface area contributed by atoms with Gasteiger partial charge < -0.3 is 10.6 Å². The van der Waals surface area contributed by atoms with Gasteiger partial charge in [-0.3, -0.25) is 0 Å². The summed E-state index contributed by atoms with van der Waals surface area (Å²) in [7, 11) is 2.07. The first-order valence-corrected chi connectivity index (χ1v) is 6.73. The number of nitrogens with zero attached hydrogens (tertiary/aromatic N) is 2. The number of hydrogen-bond acceptors (Lipinski definition) is 3. The van der Waals surface area contributed by atoms with Gasteiger partial charge in [-0.1, -0.05) is 26.1 Å².